The number of ketones is 1. The van der Waals surface area contributed by atoms with Crippen LogP contribution in [0.5, 0.6) is 0 Å². The monoisotopic (exact) mass is 597 g/mol. The summed E-state index contributed by atoms with van der Waals surface area (Å²) in [6.45, 7) is 0.975. The maximum atomic E-state index is 14.7. The van der Waals surface area contributed by atoms with E-state index in [1.54, 1.807) is 23.5 Å². The van der Waals surface area contributed by atoms with Crippen molar-refractivity contribution in [1.82, 2.24) is 4.90 Å². The predicted octanol–water partition coefficient (Wildman–Crippen LogP) is 4.70. The van der Waals surface area contributed by atoms with E-state index in [1.165, 1.54) is 0 Å². The van der Waals surface area contributed by atoms with Crippen LogP contribution in [-0.4, -0.2) is 64.7 Å². The van der Waals surface area contributed by atoms with Crippen LogP contribution in [0.3, 0.4) is 0 Å². The van der Waals surface area contributed by atoms with Crippen LogP contribution in [0.15, 0.2) is 57.5 Å². The minimum Gasteiger partial charge on any atom is -0.391 e. The van der Waals surface area contributed by atoms with E-state index in [0.29, 0.717) is 24.6 Å². The van der Waals surface area contributed by atoms with E-state index in [1.807, 2.05) is 43.4 Å². The molecule has 0 saturated carbocycles. The zero-order valence-electron chi connectivity index (χ0n) is 17.6. The number of thioether (sulfide) groups is 2. The Hall–Kier alpha value is -0.350. The molecule has 8 heteroatoms. The van der Waals surface area contributed by atoms with Crippen LogP contribution < -0.4 is 0 Å². The summed E-state index contributed by atoms with van der Waals surface area (Å²) in [6.07, 6.45) is -1.52. The van der Waals surface area contributed by atoms with Crippen LogP contribution in [0.25, 0.3) is 0 Å². The second kappa shape index (κ2) is 8.70. The van der Waals surface area contributed by atoms with Crippen molar-refractivity contribution in [2.24, 2.45) is 10.8 Å². The zero-order chi connectivity index (χ0) is 22.7. The molecule has 3 aliphatic heterocycles. The van der Waals surface area contributed by atoms with E-state index in [4.69, 9.17) is 0 Å². The number of benzene rings is 2. The molecule has 6 atom stereocenters. The second-order valence-electron chi connectivity index (χ2n) is 9.15. The van der Waals surface area contributed by atoms with Gasteiger partial charge in [0, 0.05) is 44.0 Å². The molecule has 0 radical (unpaired) electrons. The van der Waals surface area contributed by atoms with Crippen molar-refractivity contribution in [3.8, 4) is 0 Å². The fourth-order valence-corrected chi connectivity index (χ4v) is 10.0. The molecule has 0 bridgehead atoms. The summed E-state index contributed by atoms with van der Waals surface area (Å²) < 4.78 is 1.92. The van der Waals surface area contributed by atoms with Crippen molar-refractivity contribution in [1.29, 1.82) is 0 Å². The molecular formula is C24H25Br2NO3S2. The molecule has 2 N–H and O–H groups in total. The van der Waals surface area contributed by atoms with Gasteiger partial charge in [-0.1, -0.05) is 56.1 Å². The van der Waals surface area contributed by atoms with Gasteiger partial charge < -0.3 is 15.1 Å². The van der Waals surface area contributed by atoms with Gasteiger partial charge in [-0.3, -0.25) is 4.79 Å². The number of carbonyl (C=O) groups is 1. The Balaban J connectivity index is 1.66. The van der Waals surface area contributed by atoms with Gasteiger partial charge in [0.25, 0.3) is 0 Å². The highest BCUT2D eigenvalue weighted by molar-refractivity contribution is 9.10. The normalized spacial score (nSPS) is 37.6. The molecule has 170 valence electrons. The van der Waals surface area contributed by atoms with Crippen LogP contribution in [0, 0.1) is 10.8 Å². The van der Waals surface area contributed by atoms with Crippen molar-refractivity contribution >= 4 is 61.2 Å². The van der Waals surface area contributed by atoms with Gasteiger partial charge in [-0.2, -0.15) is 0 Å². The summed E-state index contributed by atoms with van der Waals surface area (Å²) in [5.74, 6) is 1.04. The molecule has 6 unspecified atom stereocenters. The highest BCUT2D eigenvalue weighted by Crippen LogP contribution is 2.64. The lowest BCUT2D eigenvalue weighted by Gasteiger charge is -2.53. The smallest absolute Gasteiger partial charge is 0.155 e. The Morgan fingerprint density at radius 2 is 1.31 bits per heavy atom. The summed E-state index contributed by atoms with van der Waals surface area (Å²) in [7, 11) is 2.01. The molecule has 32 heavy (non-hydrogen) atoms. The standard InChI is InChI=1S/C24H25Br2NO3S2/c1-27-12-23(18(28)10-31-20(23)14-4-2-6-16(25)8-14)22(30)24(13-27)19(29)11-32-21(24)15-5-3-7-17(26)9-15/h2-9,18-21,28-29H,10-13H2,1H3. The number of Topliss-reactive ketones (excluding diaryl/α,β-unsaturated/α-hetero) is 1. The fraction of sp³-hybridized carbons (Fsp3) is 0.458. The van der Waals surface area contributed by atoms with E-state index in [-0.39, 0.29) is 16.3 Å². The number of carbonyl (C=O) groups excluding carboxylic acids is 1. The van der Waals surface area contributed by atoms with E-state index in [0.717, 1.165) is 20.1 Å². The topological polar surface area (TPSA) is 60.8 Å². The third-order valence-corrected chi connectivity index (χ3v) is 11.2. The molecule has 2 spiro atoms. The molecule has 0 aromatic heterocycles. The first-order valence-corrected chi connectivity index (χ1v) is 14.3. The van der Waals surface area contributed by atoms with Crippen LogP contribution in [0.2, 0.25) is 0 Å². The Labute approximate surface area is 213 Å². The van der Waals surface area contributed by atoms with Crippen LogP contribution in [0.1, 0.15) is 21.6 Å². The largest absolute Gasteiger partial charge is 0.391 e. The average molecular weight is 599 g/mol. The molecular weight excluding hydrogens is 574 g/mol. The molecule has 4 nitrogen and oxygen atoms in total. The summed E-state index contributed by atoms with van der Waals surface area (Å²) in [5.41, 5.74) is 0.154. The van der Waals surface area contributed by atoms with Gasteiger partial charge >= 0.3 is 0 Å². The third-order valence-electron chi connectivity index (χ3n) is 7.18. The van der Waals surface area contributed by atoms with Crippen molar-refractivity contribution in [3.05, 3.63) is 68.6 Å². The number of aliphatic hydroxyl groups excluding tert-OH is 2. The van der Waals surface area contributed by atoms with Gasteiger partial charge in [-0.15, -0.1) is 23.5 Å². The number of hydrogen-bond donors (Lipinski definition) is 2. The number of nitrogens with zero attached hydrogens (tertiary/aromatic N) is 1. The number of piperidine rings is 1. The molecule has 0 amide bonds. The SMILES string of the molecule is CN1CC2(C(=O)C3(C1)C(O)CSC3c1cccc(Br)c1)C(O)CSC2c1cccc(Br)c1. The Morgan fingerprint density at radius 1 is 0.875 bits per heavy atom. The number of likely N-dealkylation sites (tertiary alicyclic amines) is 1. The highest BCUT2D eigenvalue weighted by atomic mass is 79.9. The van der Waals surface area contributed by atoms with Crippen LogP contribution >= 0.6 is 55.4 Å². The minimum absolute atomic E-state index is 0.0213. The number of aliphatic hydroxyl groups is 2. The first-order valence-electron chi connectivity index (χ1n) is 10.6. The van der Waals surface area contributed by atoms with Gasteiger partial charge in [-0.05, 0) is 42.4 Å². The first kappa shape index (κ1) is 23.4. The summed E-state index contributed by atoms with van der Waals surface area (Å²) in [6, 6.07) is 16.1. The summed E-state index contributed by atoms with van der Waals surface area (Å²) in [5, 5.41) is 22.4. The molecule has 3 heterocycles. The number of halogens is 2. The van der Waals surface area contributed by atoms with E-state index >= 15 is 0 Å². The van der Waals surface area contributed by atoms with Crippen LogP contribution in [-0.2, 0) is 4.79 Å². The Kier molecular flexibility index (Phi) is 6.36. The molecule has 3 saturated heterocycles. The van der Waals surface area contributed by atoms with Gasteiger partial charge in [0.05, 0.1) is 23.0 Å². The molecule has 5 rings (SSSR count). The zero-order valence-corrected chi connectivity index (χ0v) is 22.4. The Bertz CT molecular complexity index is 976. The third kappa shape index (κ3) is 3.48. The van der Waals surface area contributed by atoms with Crippen molar-refractivity contribution in [2.75, 3.05) is 31.6 Å². The Morgan fingerprint density at radius 3 is 1.72 bits per heavy atom. The minimum atomic E-state index is -0.964. The number of rotatable bonds is 2. The fourth-order valence-electron chi connectivity index (χ4n) is 5.89. The molecule has 3 fully saturated rings. The van der Waals surface area contributed by atoms with Gasteiger partial charge in [0.2, 0.25) is 0 Å². The highest BCUT2D eigenvalue weighted by Gasteiger charge is 2.69. The molecule has 3 aliphatic rings. The molecule has 2 aromatic carbocycles. The lowest BCUT2D eigenvalue weighted by atomic mass is 9.58. The average Bonchev–Trinajstić information content (AvgIpc) is 3.24. The first-order chi connectivity index (χ1) is 15.3. The van der Waals surface area contributed by atoms with Crippen molar-refractivity contribution in [3.63, 3.8) is 0 Å². The van der Waals surface area contributed by atoms with Crippen LogP contribution in [0.4, 0.5) is 0 Å². The predicted molar refractivity (Wildman–Crippen MR) is 138 cm³/mol. The maximum absolute atomic E-state index is 14.7. The summed E-state index contributed by atoms with van der Waals surface area (Å²) >= 11 is 10.4. The second-order valence-corrected chi connectivity index (χ2v) is 13.3. The molecule has 0 aliphatic carbocycles. The van der Waals surface area contributed by atoms with Gasteiger partial charge in [-0.25, -0.2) is 0 Å². The quantitative estimate of drug-likeness (QED) is 0.523. The van der Waals surface area contributed by atoms with E-state index in [9.17, 15) is 15.0 Å². The van der Waals surface area contributed by atoms with Crippen molar-refractivity contribution in [2.45, 2.75) is 22.7 Å². The summed E-state index contributed by atoms with van der Waals surface area (Å²) in [4.78, 5) is 16.8. The maximum Gasteiger partial charge on any atom is 0.155 e. The lowest BCUT2D eigenvalue weighted by Crippen LogP contribution is -2.66. The molecule has 2 aromatic rings. The van der Waals surface area contributed by atoms with Crippen molar-refractivity contribution < 1.29 is 15.0 Å². The van der Waals surface area contributed by atoms with Gasteiger partial charge in [0.15, 0.2) is 5.78 Å². The van der Waals surface area contributed by atoms with E-state index in [2.05, 4.69) is 48.9 Å². The lowest BCUT2D eigenvalue weighted by molar-refractivity contribution is -0.163. The van der Waals surface area contributed by atoms with E-state index < -0.39 is 23.0 Å². The number of hydrogen-bond acceptors (Lipinski definition) is 6. The van der Waals surface area contributed by atoms with Gasteiger partial charge in [0.1, 0.15) is 0 Å².